The van der Waals surface area contributed by atoms with Gasteiger partial charge in [0.15, 0.2) is 5.82 Å². The third-order valence-corrected chi connectivity index (χ3v) is 2.14. The lowest BCUT2D eigenvalue weighted by molar-refractivity contribution is 0.187. The summed E-state index contributed by atoms with van der Waals surface area (Å²) >= 11 is 5.74. The molecule has 1 aromatic rings. The fraction of sp³-hybridized carbons (Fsp3) is 0.500. The van der Waals surface area contributed by atoms with Crippen molar-refractivity contribution < 1.29 is 4.74 Å². The summed E-state index contributed by atoms with van der Waals surface area (Å²) in [5.74, 6) is 0.313. The zero-order chi connectivity index (χ0) is 11.3. The number of rotatable bonds is 5. The quantitative estimate of drug-likeness (QED) is 0.654. The van der Waals surface area contributed by atoms with Gasteiger partial charge in [0.1, 0.15) is 5.02 Å². The summed E-state index contributed by atoms with van der Waals surface area (Å²) in [5, 5.41) is 2.95. The molecule has 0 fully saturated rings. The van der Waals surface area contributed by atoms with Crippen molar-refractivity contribution in [1.82, 2.24) is 9.97 Å². The molecule has 0 aromatic carbocycles. The van der Waals surface area contributed by atoms with Gasteiger partial charge in [-0.25, -0.2) is 4.98 Å². The van der Waals surface area contributed by atoms with E-state index < -0.39 is 0 Å². The topological polar surface area (TPSA) is 93.0 Å². The highest BCUT2D eigenvalue weighted by Crippen LogP contribution is 2.12. The van der Waals surface area contributed by atoms with Crippen LogP contribution >= 0.6 is 11.6 Å². The maximum absolute atomic E-state index is 11.1. The molecule has 0 bridgehead atoms. The molecule has 1 rings (SSSR count). The summed E-state index contributed by atoms with van der Waals surface area (Å²) in [6, 6.07) is -0.123. The average molecular weight is 233 g/mol. The third kappa shape index (κ3) is 3.19. The number of nitrogens with two attached hydrogens (primary N) is 1. The maximum atomic E-state index is 11.1. The zero-order valence-electron chi connectivity index (χ0n) is 8.29. The van der Waals surface area contributed by atoms with Crippen LogP contribution in [0.15, 0.2) is 11.1 Å². The molecule has 0 aliphatic heterocycles. The highest BCUT2D eigenvalue weighted by molar-refractivity contribution is 6.32. The number of hydrogen-bond donors (Lipinski definition) is 3. The van der Waals surface area contributed by atoms with Crippen molar-refractivity contribution in [3.05, 3.63) is 21.7 Å². The number of nitrogens with zero attached hydrogens (tertiary/aromatic N) is 1. The second kappa shape index (κ2) is 5.69. The van der Waals surface area contributed by atoms with Gasteiger partial charge < -0.3 is 20.8 Å². The van der Waals surface area contributed by atoms with Gasteiger partial charge in [0, 0.05) is 13.7 Å². The molecule has 0 saturated heterocycles. The van der Waals surface area contributed by atoms with E-state index >= 15 is 0 Å². The maximum Gasteiger partial charge on any atom is 0.271 e. The van der Waals surface area contributed by atoms with Crippen LogP contribution in [0.5, 0.6) is 0 Å². The van der Waals surface area contributed by atoms with Gasteiger partial charge in [-0.3, -0.25) is 4.79 Å². The van der Waals surface area contributed by atoms with Crippen LogP contribution in [-0.2, 0) is 4.74 Å². The Kier molecular flexibility index (Phi) is 4.54. The number of aromatic amines is 1. The third-order valence-electron chi connectivity index (χ3n) is 1.79. The first kappa shape index (κ1) is 12.0. The standard InChI is InChI=1S/C8H13ClN4O2/c1-15-3-5(2-10)13-7-6(9)8(14)12-4-11-7/h4-5H,2-3,10H2,1H3,(H2,11,12,13,14). The Morgan fingerprint density at radius 2 is 2.53 bits per heavy atom. The molecule has 0 amide bonds. The van der Waals surface area contributed by atoms with E-state index in [0.29, 0.717) is 19.0 Å². The van der Waals surface area contributed by atoms with Crippen LogP contribution in [0.25, 0.3) is 0 Å². The first-order valence-corrected chi connectivity index (χ1v) is 4.75. The normalized spacial score (nSPS) is 12.5. The van der Waals surface area contributed by atoms with Crippen LogP contribution < -0.4 is 16.6 Å². The van der Waals surface area contributed by atoms with E-state index in [9.17, 15) is 4.79 Å². The van der Waals surface area contributed by atoms with Gasteiger partial charge in [-0.1, -0.05) is 11.6 Å². The summed E-state index contributed by atoms with van der Waals surface area (Å²) < 4.78 is 4.94. The van der Waals surface area contributed by atoms with Crippen LogP contribution in [0.1, 0.15) is 0 Å². The molecule has 0 aliphatic carbocycles. The van der Waals surface area contributed by atoms with Gasteiger partial charge in [-0.2, -0.15) is 0 Å². The fourth-order valence-corrected chi connectivity index (χ4v) is 1.20. The summed E-state index contributed by atoms with van der Waals surface area (Å²) in [7, 11) is 1.57. The van der Waals surface area contributed by atoms with E-state index in [1.807, 2.05) is 0 Å². The molecule has 0 saturated carbocycles. The smallest absolute Gasteiger partial charge is 0.271 e. The van der Waals surface area contributed by atoms with Gasteiger partial charge in [0.05, 0.1) is 19.0 Å². The molecule has 0 spiro atoms. The zero-order valence-corrected chi connectivity index (χ0v) is 9.04. The molecule has 1 aromatic heterocycles. The van der Waals surface area contributed by atoms with Gasteiger partial charge in [0.2, 0.25) is 0 Å². The van der Waals surface area contributed by atoms with Gasteiger partial charge >= 0.3 is 0 Å². The molecular formula is C8H13ClN4O2. The van der Waals surface area contributed by atoms with E-state index in [-0.39, 0.29) is 16.6 Å². The minimum absolute atomic E-state index is 0.0204. The lowest BCUT2D eigenvalue weighted by Crippen LogP contribution is -2.34. The number of methoxy groups -OCH3 is 1. The van der Waals surface area contributed by atoms with Crippen LogP contribution in [0.4, 0.5) is 5.82 Å². The van der Waals surface area contributed by atoms with Crippen molar-refractivity contribution in [3.63, 3.8) is 0 Å². The molecule has 6 nitrogen and oxygen atoms in total. The second-order valence-corrected chi connectivity index (χ2v) is 3.30. The van der Waals surface area contributed by atoms with Gasteiger partial charge in [0.25, 0.3) is 5.56 Å². The summed E-state index contributed by atoms with van der Waals surface area (Å²) in [4.78, 5) is 17.4. The van der Waals surface area contributed by atoms with E-state index in [2.05, 4.69) is 15.3 Å². The van der Waals surface area contributed by atoms with E-state index in [0.717, 1.165) is 0 Å². The van der Waals surface area contributed by atoms with E-state index in [1.54, 1.807) is 7.11 Å². The highest BCUT2D eigenvalue weighted by atomic mass is 35.5. The van der Waals surface area contributed by atoms with Crippen molar-refractivity contribution in [2.75, 3.05) is 25.6 Å². The molecule has 4 N–H and O–H groups in total. The first-order chi connectivity index (χ1) is 7.19. The lowest BCUT2D eigenvalue weighted by Gasteiger charge is -2.16. The SMILES string of the molecule is COCC(CN)Nc1nc[nH]c(=O)c1Cl. The van der Waals surface area contributed by atoms with Gasteiger partial charge in [-0.05, 0) is 0 Å². The summed E-state index contributed by atoms with van der Waals surface area (Å²) in [6.07, 6.45) is 1.27. The van der Waals surface area contributed by atoms with Crippen molar-refractivity contribution in [1.29, 1.82) is 0 Å². The molecule has 7 heteroatoms. The molecule has 1 heterocycles. The molecular weight excluding hydrogens is 220 g/mol. The van der Waals surface area contributed by atoms with Crippen LogP contribution in [-0.4, -0.2) is 36.3 Å². The number of nitrogens with one attached hydrogen (secondary N) is 2. The average Bonchev–Trinajstić information content (AvgIpc) is 2.24. The Morgan fingerprint density at radius 1 is 1.80 bits per heavy atom. The predicted octanol–water partition coefficient (Wildman–Crippen LogP) is -0.191. The number of hydrogen-bond acceptors (Lipinski definition) is 5. The molecule has 0 radical (unpaired) electrons. The van der Waals surface area contributed by atoms with Crippen molar-refractivity contribution in [3.8, 4) is 0 Å². The fourth-order valence-electron chi connectivity index (χ4n) is 1.05. The van der Waals surface area contributed by atoms with E-state index in [4.69, 9.17) is 22.1 Å². The Morgan fingerprint density at radius 3 is 3.13 bits per heavy atom. The van der Waals surface area contributed by atoms with E-state index in [1.165, 1.54) is 6.33 Å². The monoisotopic (exact) mass is 232 g/mol. The number of H-pyrrole nitrogens is 1. The van der Waals surface area contributed by atoms with Crippen LogP contribution in [0, 0.1) is 0 Å². The Hall–Kier alpha value is -1.11. The van der Waals surface area contributed by atoms with Crippen molar-refractivity contribution in [2.24, 2.45) is 5.73 Å². The largest absolute Gasteiger partial charge is 0.383 e. The number of aromatic nitrogens is 2. The van der Waals surface area contributed by atoms with Crippen molar-refractivity contribution >= 4 is 17.4 Å². The molecule has 1 atom stereocenters. The minimum atomic E-state index is -0.387. The second-order valence-electron chi connectivity index (χ2n) is 2.93. The van der Waals surface area contributed by atoms with Gasteiger partial charge in [-0.15, -0.1) is 0 Å². The number of halogens is 1. The summed E-state index contributed by atoms with van der Waals surface area (Å²) in [5.41, 5.74) is 5.11. The molecule has 15 heavy (non-hydrogen) atoms. The van der Waals surface area contributed by atoms with Crippen molar-refractivity contribution in [2.45, 2.75) is 6.04 Å². The Balaban J connectivity index is 2.79. The van der Waals surface area contributed by atoms with Crippen LogP contribution in [0.3, 0.4) is 0 Å². The predicted molar refractivity (Wildman–Crippen MR) is 58.2 cm³/mol. The highest BCUT2D eigenvalue weighted by Gasteiger charge is 2.11. The first-order valence-electron chi connectivity index (χ1n) is 4.37. The number of ether oxygens (including phenoxy) is 1. The molecule has 1 unspecified atom stereocenters. The summed E-state index contributed by atoms with van der Waals surface area (Å²) in [6.45, 7) is 0.778. The molecule has 0 aliphatic rings. The Labute approximate surface area is 91.8 Å². The molecule has 84 valence electrons. The minimum Gasteiger partial charge on any atom is -0.383 e. The Bertz CT molecular complexity index is 368. The number of anilines is 1. The van der Waals surface area contributed by atoms with Crippen LogP contribution in [0.2, 0.25) is 5.02 Å². The lowest BCUT2D eigenvalue weighted by atomic mass is 10.3.